The first-order chi connectivity index (χ1) is 5.58. The van der Waals surface area contributed by atoms with Crippen molar-refractivity contribution >= 4 is 10.4 Å². The van der Waals surface area contributed by atoms with Crippen LogP contribution in [-0.2, 0) is 12.9 Å². The van der Waals surface area contributed by atoms with Crippen LogP contribution in [0.15, 0.2) is 30.3 Å². The Kier molecular flexibility index (Phi) is 3.44. The van der Waals surface area contributed by atoms with Crippen molar-refractivity contribution < 1.29 is 37.1 Å². The molecule has 1 rings (SSSR count). The molecule has 0 fully saturated rings. The van der Waals surface area contributed by atoms with E-state index in [4.69, 9.17) is 4.55 Å². The fraction of sp³-hybridized carbons (Fsp3) is 0. The monoisotopic (exact) mass is 301 g/mol. The van der Waals surface area contributed by atoms with Crippen LogP contribution in [0.25, 0.3) is 0 Å². The second-order valence-electron chi connectivity index (χ2n) is 1.86. The van der Waals surface area contributed by atoms with Gasteiger partial charge in [0.05, 0.1) is 0 Å². The summed E-state index contributed by atoms with van der Waals surface area (Å²) in [5.74, 6) is 0. The average Bonchev–Trinajstić information content (AvgIpc) is 2.02. The first-order valence-electron chi connectivity index (χ1n) is 2.94. The SMILES string of the molecule is O=S(=O)(O)O[I-]c1ccccc1. The zero-order valence-corrected chi connectivity index (χ0v) is 8.82. The molecule has 0 amide bonds. The maximum atomic E-state index is 10.2. The molecule has 0 unspecified atom stereocenters. The second-order valence-corrected chi connectivity index (χ2v) is 5.61. The molecule has 0 saturated heterocycles. The molecule has 0 spiro atoms. The van der Waals surface area contributed by atoms with E-state index < -0.39 is 32.0 Å². The van der Waals surface area contributed by atoms with Crippen molar-refractivity contribution in [3.63, 3.8) is 0 Å². The van der Waals surface area contributed by atoms with Crippen LogP contribution < -0.4 is 21.6 Å². The van der Waals surface area contributed by atoms with Gasteiger partial charge in [0.1, 0.15) is 0 Å². The Morgan fingerprint density at radius 1 is 1.25 bits per heavy atom. The Labute approximate surface area is 81.3 Å². The fourth-order valence-electron chi connectivity index (χ4n) is 0.542. The van der Waals surface area contributed by atoms with Gasteiger partial charge in [0.25, 0.3) is 0 Å². The quantitative estimate of drug-likeness (QED) is 0.503. The van der Waals surface area contributed by atoms with Crippen molar-refractivity contribution in [2.45, 2.75) is 0 Å². The van der Waals surface area contributed by atoms with Gasteiger partial charge < -0.3 is 0 Å². The molecular formula is C6H6IO4S-. The molecule has 0 aliphatic heterocycles. The van der Waals surface area contributed by atoms with E-state index in [0.717, 1.165) is 3.57 Å². The predicted molar refractivity (Wildman–Crippen MR) is 37.8 cm³/mol. The van der Waals surface area contributed by atoms with Gasteiger partial charge in [0.2, 0.25) is 0 Å². The zero-order valence-electron chi connectivity index (χ0n) is 5.84. The maximum absolute atomic E-state index is 10.2. The van der Waals surface area contributed by atoms with Crippen LogP contribution in [0, 0.1) is 3.57 Å². The summed E-state index contributed by atoms with van der Waals surface area (Å²) in [4.78, 5) is 0. The van der Waals surface area contributed by atoms with E-state index >= 15 is 0 Å². The van der Waals surface area contributed by atoms with Gasteiger partial charge in [-0.3, -0.25) is 0 Å². The Balaban J connectivity index is 2.56. The molecule has 0 heterocycles. The first kappa shape index (κ1) is 9.90. The molecule has 1 aromatic rings. The molecule has 0 aliphatic carbocycles. The summed E-state index contributed by atoms with van der Waals surface area (Å²) in [6.45, 7) is 0. The summed E-state index contributed by atoms with van der Waals surface area (Å²) >= 11 is -1.10. The zero-order chi connectivity index (χ0) is 9.03. The van der Waals surface area contributed by atoms with Crippen molar-refractivity contribution in [1.82, 2.24) is 0 Å². The minimum absolute atomic E-state index is 0.800. The third-order valence-corrected chi connectivity index (χ3v) is 4.29. The summed E-state index contributed by atoms with van der Waals surface area (Å²) in [6.07, 6.45) is 0. The van der Waals surface area contributed by atoms with Crippen LogP contribution in [0.2, 0.25) is 0 Å². The predicted octanol–water partition coefficient (Wildman–Crippen LogP) is -2.32. The van der Waals surface area contributed by atoms with E-state index in [0.29, 0.717) is 0 Å². The van der Waals surface area contributed by atoms with Crippen LogP contribution in [0.4, 0.5) is 0 Å². The van der Waals surface area contributed by atoms with Crippen molar-refractivity contribution in [2.75, 3.05) is 0 Å². The van der Waals surface area contributed by atoms with Gasteiger partial charge in [-0.2, -0.15) is 0 Å². The van der Waals surface area contributed by atoms with Crippen molar-refractivity contribution in [2.24, 2.45) is 0 Å². The van der Waals surface area contributed by atoms with E-state index in [-0.39, 0.29) is 0 Å². The summed E-state index contributed by atoms with van der Waals surface area (Å²) in [5.41, 5.74) is 0. The summed E-state index contributed by atoms with van der Waals surface area (Å²) in [5, 5.41) is 0. The van der Waals surface area contributed by atoms with E-state index in [9.17, 15) is 8.42 Å². The van der Waals surface area contributed by atoms with Crippen LogP contribution in [-0.4, -0.2) is 13.0 Å². The average molecular weight is 301 g/mol. The Bertz CT molecular complexity index is 334. The van der Waals surface area contributed by atoms with E-state index in [1.165, 1.54) is 0 Å². The van der Waals surface area contributed by atoms with Crippen LogP contribution in [0.5, 0.6) is 0 Å². The number of benzene rings is 1. The van der Waals surface area contributed by atoms with Crippen LogP contribution in [0.3, 0.4) is 0 Å². The third kappa shape index (κ3) is 4.00. The molecule has 1 N–H and O–H groups in total. The number of hydrogen-bond acceptors (Lipinski definition) is 3. The number of hydrogen-bond donors (Lipinski definition) is 1. The minimum atomic E-state index is -4.27. The van der Waals surface area contributed by atoms with Gasteiger partial charge in [-0.25, -0.2) is 0 Å². The molecule has 0 bridgehead atoms. The Morgan fingerprint density at radius 3 is 2.33 bits per heavy atom. The molecule has 4 nitrogen and oxygen atoms in total. The first-order valence-corrected chi connectivity index (χ1v) is 6.26. The van der Waals surface area contributed by atoms with Gasteiger partial charge in [-0.15, -0.1) is 0 Å². The number of halogens is 1. The molecule has 0 radical (unpaired) electrons. The van der Waals surface area contributed by atoms with Crippen molar-refractivity contribution in [3.05, 3.63) is 33.9 Å². The molecular weight excluding hydrogens is 295 g/mol. The van der Waals surface area contributed by atoms with Gasteiger partial charge in [-0.05, 0) is 0 Å². The molecule has 0 atom stereocenters. The van der Waals surface area contributed by atoms with Crippen molar-refractivity contribution in [1.29, 1.82) is 0 Å². The van der Waals surface area contributed by atoms with Crippen LogP contribution >= 0.6 is 0 Å². The third-order valence-electron chi connectivity index (χ3n) is 0.933. The summed E-state index contributed by atoms with van der Waals surface area (Å²) < 4.78 is 33.6. The van der Waals surface area contributed by atoms with Gasteiger partial charge in [0.15, 0.2) is 0 Å². The molecule has 0 saturated carbocycles. The molecule has 1 aromatic carbocycles. The van der Waals surface area contributed by atoms with E-state index in [1.807, 2.05) is 6.07 Å². The number of rotatable bonds is 3. The van der Waals surface area contributed by atoms with Gasteiger partial charge in [-0.1, -0.05) is 0 Å². The molecule has 68 valence electrons. The van der Waals surface area contributed by atoms with E-state index in [2.05, 4.69) is 2.51 Å². The molecule has 12 heavy (non-hydrogen) atoms. The van der Waals surface area contributed by atoms with Gasteiger partial charge >= 0.3 is 81.4 Å². The molecule has 0 aliphatic rings. The topological polar surface area (TPSA) is 63.6 Å². The van der Waals surface area contributed by atoms with Crippen molar-refractivity contribution in [3.8, 4) is 0 Å². The van der Waals surface area contributed by atoms with Gasteiger partial charge in [0, 0.05) is 0 Å². The molecule has 0 aromatic heterocycles. The summed E-state index contributed by atoms with van der Waals surface area (Å²) in [7, 11) is -4.27. The van der Waals surface area contributed by atoms with Crippen LogP contribution in [0.1, 0.15) is 0 Å². The Morgan fingerprint density at radius 2 is 1.83 bits per heavy atom. The Hall–Kier alpha value is -0.180. The fourth-order valence-corrected chi connectivity index (χ4v) is 2.71. The second kappa shape index (κ2) is 4.17. The molecule has 6 heteroatoms. The summed E-state index contributed by atoms with van der Waals surface area (Å²) in [6, 6.07) is 8.88. The van der Waals surface area contributed by atoms with E-state index in [1.54, 1.807) is 24.3 Å². The standard InChI is InChI=1S/C6H6IO4S/c8-12(9,10)11-7-6-4-2-1-3-5-6/h1-5H,(H,8,9,10)/q-1. The normalized spacial score (nSPS) is 11.8.